The normalized spacial score (nSPS) is 14.0. The highest BCUT2D eigenvalue weighted by Gasteiger charge is 2.21. The van der Waals surface area contributed by atoms with Crippen LogP contribution in [0.3, 0.4) is 0 Å². The second-order valence-corrected chi connectivity index (χ2v) is 6.07. The van der Waals surface area contributed by atoms with Crippen molar-refractivity contribution in [1.29, 1.82) is 0 Å². The van der Waals surface area contributed by atoms with Crippen molar-refractivity contribution in [3.05, 3.63) is 29.3 Å². The number of hydrogen-bond acceptors (Lipinski definition) is 2. The minimum Gasteiger partial charge on any atom is -0.398 e. The van der Waals surface area contributed by atoms with Crippen LogP contribution in [-0.4, -0.2) is 17.4 Å². The summed E-state index contributed by atoms with van der Waals surface area (Å²) in [7, 11) is 0. The monoisotopic (exact) mass is 288 g/mol. The standard InChI is InChI=1S/C18H28N2O/c1-2-3-4-5-6-7-11-18(21)20-13-12-16-15(14-20)9-8-10-17(16)19/h8-10H,2-7,11-14,19H2,1H3. The number of benzene rings is 1. The van der Waals surface area contributed by atoms with E-state index in [2.05, 4.69) is 13.0 Å². The number of carbonyl (C=O) groups excluding carboxylic acids is 1. The van der Waals surface area contributed by atoms with Gasteiger partial charge in [0.25, 0.3) is 0 Å². The lowest BCUT2D eigenvalue weighted by molar-refractivity contribution is -0.132. The smallest absolute Gasteiger partial charge is 0.222 e. The molecule has 0 aliphatic carbocycles. The number of unbranched alkanes of at least 4 members (excludes halogenated alkanes) is 5. The molecule has 1 aliphatic rings. The maximum atomic E-state index is 12.3. The van der Waals surface area contributed by atoms with Gasteiger partial charge in [-0.3, -0.25) is 4.79 Å². The van der Waals surface area contributed by atoms with Gasteiger partial charge in [0.1, 0.15) is 0 Å². The van der Waals surface area contributed by atoms with Crippen molar-refractivity contribution in [3.63, 3.8) is 0 Å². The van der Waals surface area contributed by atoms with Crippen LogP contribution in [0.15, 0.2) is 18.2 Å². The fourth-order valence-electron chi connectivity index (χ4n) is 3.07. The molecule has 2 N–H and O–H groups in total. The summed E-state index contributed by atoms with van der Waals surface area (Å²) >= 11 is 0. The van der Waals surface area contributed by atoms with Gasteiger partial charge in [-0.2, -0.15) is 0 Å². The first kappa shape index (κ1) is 15.9. The van der Waals surface area contributed by atoms with Crippen molar-refractivity contribution in [1.82, 2.24) is 4.90 Å². The summed E-state index contributed by atoms with van der Waals surface area (Å²) in [4.78, 5) is 14.3. The molecule has 0 atom stereocenters. The van der Waals surface area contributed by atoms with E-state index >= 15 is 0 Å². The molecule has 3 nitrogen and oxygen atoms in total. The zero-order chi connectivity index (χ0) is 15.1. The van der Waals surface area contributed by atoms with Gasteiger partial charge in [-0.1, -0.05) is 51.2 Å². The van der Waals surface area contributed by atoms with E-state index in [1.165, 1.54) is 43.2 Å². The number of nitrogens with zero attached hydrogens (tertiary/aromatic N) is 1. The van der Waals surface area contributed by atoms with Crippen LogP contribution in [0.25, 0.3) is 0 Å². The van der Waals surface area contributed by atoms with Crippen LogP contribution >= 0.6 is 0 Å². The van der Waals surface area contributed by atoms with Gasteiger partial charge in [0.15, 0.2) is 0 Å². The largest absolute Gasteiger partial charge is 0.398 e. The predicted molar refractivity (Wildman–Crippen MR) is 88.0 cm³/mol. The highest BCUT2D eigenvalue weighted by atomic mass is 16.2. The minimum absolute atomic E-state index is 0.304. The van der Waals surface area contributed by atoms with E-state index in [1.807, 2.05) is 17.0 Å². The topological polar surface area (TPSA) is 46.3 Å². The van der Waals surface area contributed by atoms with Gasteiger partial charge in [0.2, 0.25) is 5.91 Å². The SMILES string of the molecule is CCCCCCCCC(=O)N1CCc2c(N)cccc2C1. The fraction of sp³-hybridized carbons (Fsp3) is 0.611. The molecule has 1 heterocycles. The third kappa shape index (κ3) is 4.48. The van der Waals surface area contributed by atoms with Crippen LogP contribution in [0.5, 0.6) is 0 Å². The third-order valence-corrected chi connectivity index (χ3v) is 4.40. The molecule has 0 spiro atoms. The molecule has 0 fully saturated rings. The lowest BCUT2D eigenvalue weighted by Crippen LogP contribution is -2.36. The number of rotatable bonds is 7. The van der Waals surface area contributed by atoms with Crippen LogP contribution in [0.4, 0.5) is 5.69 Å². The van der Waals surface area contributed by atoms with E-state index in [9.17, 15) is 4.79 Å². The van der Waals surface area contributed by atoms with Crippen LogP contribution in [0.2, 0.25) is 0 Å². The molecule has 2 rings (SSSR count). The molecule has 3 heteroatoms. The lowest BCUT2D eigenvalue weighted by Gasteiger charge is -2.29. The first-order valence-electron chi connectivity index (χ1n) is 8.36. The fourth-order valence-corrected chi connectivity index (χ4v) is 3.07. The molecule has 0 saturated heterocycles. The average Bonchev–Trinajstić information content (AvgIpc) is 2.50. The maximum Gasteiger partial charge on any atom is 0.222 e. The predicted octanol–water partition coefficient (Wildman–Crippen LogP) is 3.90. The highest BCUT2D eigenvalue weighted by Crippen LogP contribution is 2.24. The number of nitrogen functional groups attached to an aromatic ring is 1. The summed E-state index contributed by atoms with van der Waals surface area (Å²) in [5, 5.41) is 0. The lowest BCUT2D eigenvalue weighted by atomic mass is 9.97. The first-order chi connectivity index (χ1) is 10.2. The number of amides is 1. The molecule has 0 bridgehead atoms. The van der Waals surface area contributed by atoms with Crippen LogP contribution in [0, 0.1) is 0 Å². The Labute approximate surface area is 128 Å². The summed E-state index contributed by atoms with van der Waals surface area (Å²) in [6, 6.07) is 6.03. The summed E-state index contributed by atoms with van der Waals surface area (Å²) in [6.45, 7) is 3.77. The molecule has 116 valence electrons. The van der Waals surface area contributed by atoms with Crippen LogP contribution in [0.1, 0.15) is 63.0 Å². The quantitative estimate of drug-likeness (QED) is 0.611. The zero-order valence-corrected chi connectivity index (χ0v) is 13.2. The highest BCUT2D eigenvalue weighted by molar-refractivity contribution is 5.76. The van der Waals surface area contributed by atoms with Gasteiger partial charge in [0.05, 0.1) is 0 Å². The van der Waals surface area contributed by atoms with Gasteiger partial charge in [0, 0.05) is 25.2 Å². The van der Waals surface area contributed by atoms with Crippen molar-refractivity contribution < 1.29 is 4.79 Å². The Balaban J connectivity index is 1.75. The van der Waals surface area contributed by atoms with E-state index in [4.69, 9.17) is 5.73 Å². The van der Waals surface area contributed by atoms with Crippen molar-refractivity contribution >= 4 is 11.6 Å². The zero-order valence-electron chi connectivity index (χ0n) is 13.2. The first-order valence-corrected chi connectivity index (χ1v) is 8.36. The minimum atomic E-state index is 0.304. The number of carbonyl (C=O) groups is 1. The Bertz CT molecular complexity index is 470. The summed E-state index contributed by atoms with van der Waals surface area (Å²) in [6.07, 6.45) is 8.97. The number of fused-ring (bicyclic) bond motifs is 1. The Kier molecular flexibility index (Phi) is 6.09. The molecule has 1 aromatic carbocycles. The molecular formula is C18H28N2O. The number of nitrogens with two attached hydrogens (primary N) is 1. The second-order valence-electron chi connectivity index (χ2n) is 6.07. The second kappa shape index (κ2) is 8.06. The van der Waals surface area contributed by atoms with Crippen molar-refractivity contribution in [2.24, 2.45) is 0 Å². The maximum absolute atomic E-state index is 12.3. The molecule has 1 amide bonds. The number of anilines is 1. The summed E-state index contributed by atoms with van der Waals surface area (Å²) in [5.41, 5.74) is 9.33. The number of hydrogen-bond donors (Lipinski definition) is 1. The van der Waals surface area contributed by atoms with Crippen LogP contribution in [-0.2, 0) is 17.8 Å². The van der Waals surface area contributed by atoms with E-state index < -0.39 is 0 Å². The van der Waals surface area contributed by atoms with Crippen molar-refractivity contribution in [2.45, 2.75) is 64.8 Å². The Morgan fingerprint density at radius 1 is 1.19 bits per heavy atom. The Morgan fingerprint density at radius 3 is 2.76 bits per heavy atom. The van der Waals surface area contributed by atoms with Gasteiger partial charge in [-0.15, -0.1) is 0 Å². The van der Waals surface area contributed by atoms with Crippen LogP contribution < -0.4 is 5.73 Å². The molecular weight excluding hydrogens is 260 g/mol. The Hall–Kier alpha value is -1.51. The van der Waals surface area contributed by atoms with Crippen molar-refractivity contribution in [2.75, 3.05) is 12.3 Å². The summed E-state index contributed by atoms with van der Waals surface area (Å²) < 4.78 is 0. The average molecular weight is 288 g/mol. The molecule has 1 aliphatic heterocycles. The van der Waals surface area contributed by atoms with Gasteiger partial charge in [-0.25, -0.2) is 0 Å². The van der Waals surface area contributed by atoms with Gasteiger partial charge < -0.3 is 10.6 Å². The van der Waals surface area contributed by atoms with Gasteiger partial charge >= 0.3 is 0 Å². The van der Waals surface area contributed by atoms with E-state index in [0.29, 0.717) is 12.3 Å². The van der Waals surface area contributed by atoms with Gasteiger partial charge in [-0.05, 0) is 30.0 Å². The molecule has 0 aromatic heterocycles. The molecule has 0 saturated carbocycles. The molecule has 0 unspecified atom stereocenters. The Morgan fingerprint density at radius 2 is 1.95 bits per heavy atom. The van der Waals surface area contributed by atoms with E-state index in [-0.39, 0.29) is 0 Å². The van der Waals surface area contributed by atoms with E-state index in [0.717, 1.165) is 31.6 Å². The molecule has 1 aromatic rings. The van der Waals surface area contributed by atoms with E-state index in [1.54, 1.807) is 0 Å². The van der Waals surface area contributed by atoms with Crippen molar-refractivity contribution in [3.8, 4) is 0 Å². The summed E-state index contributed by atoms with van der Waals surface area (Å²) in [5.74, 6) is 0.304. The molecule has 21 heavy (non-hydrogen) atoms. The molecule has 0 radical (unpaired) electrons. The third-order valence-electron chi connectivity index (χ3n) is 4.40.